The Balaban J connectivity index is 1.91. The molecule has 94 valence electrons. The topological polar surface area (TPSA) is 20.7 Å². The van der Waals surface area contributed by atoms with E-state index in [4.69, 9.17) is 12.2 Å². The van der Waals surface area contributed by atoms with Crippen molar-refractivity contribution < 1.29 is 0 Å². The summed E-state index contributed by atoms with van der Waals surface area (Å²) in [7, 11) is 0. The molecule has 0 amide bonds. The number of halogens is 1. The lowest BCUT2D eigenvalue weighted by molar-refractivity contribution is 0.333. The zero-order valence-corrected chi connectivity index (χ0v) is 12.4. The number of benzene rings is 1. The molecular weight excluding hydrogens is 308 g/mol. The summed E-state index contributed by atoms with van der Waals surface area (Å²) in [4.78, 5) is 3.35. The van der Waals surface area contributed by atoms with E-state index in [-0.39, 0.29) is 0 Å². The molecule has 3 unspecified atom stereocenters. The molecule has 0 radical (unpaired) electrons. The molecule has 0 spiro atoms. The molecule has 0 saturated heterocycles. The lowest BCUT2D eigenvalue weighted by Gasteiger charge is -2.23. The molecule has 2 nitrogen and oxygen atoms in total. The Hall–Kier alpha value is -0.610. The van der Waals surface area contributed by atoms with E-state index >= 15 is 0 Å². The minimum absolute atomic E-state index is 0.624. The first kappa shape index (κ1) is 11.2. The maximum atomic E-state index is 5.54. The average Bonchev–Trinajstić information content (AvgIpc) is 3.01. The minimum atomic E-state index is 0.624. The molecule has 2 aliphatic rings. The van der Waals surface area contributed by atoms with Gasteiger partial charge in [-0.15, -0.1) is 0 Å². The van der Waals surface area contributed by atoms with Crippen molar-refractivity contribution in [2.24, 2.45) is 11.8 Å². The van der Waals surface area contributed by atoms with E-state index in [1.54, 1.807) is 0 Å². The molecule has 1 heterocycles. The number of aromatic nitrogens is 2. The number of nitrogens with zero attached hydrogens (tertiary/aromatic N) is 1. The highest BCUT2D eigenvalue weighted by molar-refractivity contribution is 9.10. The normalized spacial score (nSPS) is 30.4. The number of rotatable bonds is 1. The smallest absolute Gasteiger partial charge is 0.178 e. The Morgan fingerprint density at radius 2 is 2.17 bits per heavy atom. The third kappa shape index (κ3) is 1.55. The summed E-state index contributed by atoms with van der Waals surface area (Å²) < 4.78 is 4.39. The lowest BCUT2D eigenvalue weighted by atomic mass is 9.95. The van der Waals surface area contributed by atoms with Crippen LogP contribution in [0.4, 0.5) is 0 Å². The van der Waals surface area contributed by atoms with Gasteiger partial charge < -0.3 is 9.55 Å². The van der Waals surface area contributed by atoms with Gasteiger partial charge in [-0.2, -0.15) is 0 Å². The van der Waals surface area contributed by atoms with E-state index in [1.807, 2.05) is 0 Å². The van der Waals surface area contributed by atoms with Crippen LogP contribution >= 0.6 is 28.1 Å². The molecule has 3 atom stereocenters. The predicted molar refractivity (Wildman–Crippen MR) is 79.3 cm³/mol. The van der Waals surface area contributed by atoms with Gasteiger partial charge in [0.25, 0.3) is 0 Å². The molecular formula is C14H15BrN2S. The SMILES string of the molecule is S=c1[nH]c2ccc(Br)cc2n1C1CC2CCC1C2. The van der Waals surface area contributed by atoms with Crippen LogP contribution in [-0.4, -0.2) is 9.55 Å². The highest BCUT2D eigenvalue weighted by Gasteiger charge is 2.41. The van der Waals surface area contributed by atoms with Gasteiger partial charge in [-0.05, 0) is 61.5 Å². The first-order valence-electron chi connectivity index (χ1n) is 6.62. The van der Waals surface area contributed by atoms with E-state index in [0.29, 0.717) is 6.04 Å². The summed E-state index contributed by atoms with van der Waals surface area (Å²) in [5.74, 6) is 1.79. The zero-order chi connectivity index (χ0) is 12.3. The van der Waals surface area contributed by atoms with Gasteiger partial charge in [-0.3, -0.25) is 0 Å². The van der Waals surface area contributed by atoms with Crippen molar-refractivity contribution in [2.75, 3.05) is 0 Å². The largest absolute Gasteiger partial charge is 0.331 e. The van der Waals surface area contributed by atoms with Gasteiger partial charge in [-0.25, -0.2) is 0 Å². The molecule has 4 rings (SSSR count). The van der Waals surface area contributed by atoms with Gasteiger partial charge in [0.2, 0.25) is 0 Å². The number of aromatic amines is 1. The second-order valence-electron chi connectivity index (χ2n) is 5.70. The van der Waals surface area contributed by atoms with Crippen molar-refractivity contribution >= 4 is 39.2 Å². The molecule has 2 bridgehead atoms. The van der Waals surface area contributed by atoms with E-state index < -0.39 is 0 Å². The van der Waals surface area contributed by atoms with E-state index in [2.05, 4.69) is 43.7 Å². The van der Waals surface area contributed by atoms with Crippen molar-refractivity contribution in [1.82, 2.24) is 9.55 Å². The minimum Gasteiger partial charge on any atom is -0.331 e. The number of H-pyrrole nitrogens is 1. The van der Waals surface area contributed by atoms with Crippen LogP contribution in [0.5, 0.6) is 0 Å². The summed E-state index contributed by atoms with van der Waals surface area (Å²) in [6.07, 6.45) is 5.55. The standard InChI is InChI=1S/C14H15BrN2S/c15-10-3-4-11-13(7-10)17(14(18)16-11)12-6-8-1-2-9(12)5-8/h3-4,7-9,12H,1-2,5-6H2,(H,16,18). The quantitative estimate of drug-likeness (QED) is 0.746. The van der Waals surface area contributed by atoms with Gasteiger partial charge >= 0.3 is 0 Å². The van der Waals surface area contributed by atoms with Gasteiger partial charge in [-0.1, -0.05) is 22.4 Å². The molecule has 2 saturated carbocycles. The molecule has 1 aromatic heterocycles. The summed E-state index contributed by atoms with van der Waals surface area (Å²) in [5.41, 5.74) is 2.41. The van der Waals surface area contributed by atoms with Gasteiger partial charge in [0, 0.05) is 10.5 Å². The third-order valence-corrected chi connectivity index (χ3v) is 5.50. The van der Waals surface area contributed by atoms with E-state index in [9.17, 15) is 0 Å². The fraction of sp³-hybridized carbons (Fsp3) is 0.500. The lowest BCUT2D eigenvalue weighted by Crippen LogP contribution is -2.16. The Morgan fingerprint density at radius 1 is 1.28 bits per heavy atom. The van der Waals surface area contributed by atoms with Crippen LogP contribution in [0.15, 0.2) is 22.7 Å². The average molecular weight is 323 g/mol. The van der Waals surface area contributed by atoms with Gasteiger partial charge in [0.05, 0.1) is 11.0 Å². The number of fused-ring (bicyclic) bond motifs is 3. The summed E-state index contributed by atoms with van der Waals surface area (Å²) in [6, 6.07) is 6.99. The van der Waals surface area contributed by atoms with Crippen molar-refractivity contribution in [2.45, 2.75) is 31.7 Å². The van der Waals surface area contributed by atoms with Crippen LogP contribution in [0.25, 0.3) is 11.0 Å². The first-order valence-corrected chi connectivity index (χ1v) is 7.82. The molecule has 1 N–H and O–H groups in total. The first-order chi connectivity index (χ1) is 8.72. The molecule has 18 heavy (non-hydrogen) atoms. The zero-order valence-electron chi connectivity index (χ0n) is 10.0. The molecule has 4 heteroatoms. The maximum absolute atomic E-state index is 5.54. The summed E-state index contributed by atoms with van der Waals surface area (Å²) in [5, 5.41) is 0. The number of hydrogen-bond acceptors (Lipinski definition) is 1. The second-order valence-corrected chi connectivity index (χ2v) is 7.01. The molecule has 2 aromatic rings. The Kier molecular flexibility index (Phi) is 2.46. The number of hydrogen-bond donors (Lipinski definition) is 1. The Morgan fingerprint density at radius 3 is 2.89 bits per heavy atom. The number of nitrogens with one attached hydrogen (secondary N) is 1. The third-order valence-electron chi connectivity index (χ3n) is 4.71. The van der Waals surface area contributed by atoms with Crippen molar-refractivity contribution in [3.63, 3.8) is 0 Å². The van der Waals surface area contributed by atoms with Crippen molar-refractivity contribution in [3.05, 3.63) is 27.4 Å². The van der Waals surface area contributed by atoms with E-state index in [0.717, 1.165) is 26.6 Å². The van der Waals surface area contributed by atoms with Crippen LogP contribution in [0.3, 0.4) is 0 Å². The monoisotopic (exact) mass is 322 g/mol. The summed E-state index contributed by atoms with van der Waals surface area (Å²) >= 11 is 9.10. The maximum Gasteiger partial charge on any atom is 0.178 e. The second kappa shape index (κ2) is 3.94. The molecule has 1 aromatic carbocycles. The van der Waals surface area contributed by atoms with Gasteiger partial charge in [0.1, 0.15) is 0 Å². The van der Waals surface area contributed by atoms with Crippen LogP contribution < -0.4 is 0 Å². The van der Waals surface area contributed by atoms with Gasteiger partial charge in [0.15, 0.2) is 4.77 Å². The highest BCUT2D eigenvalue weighted by atomic mass is 79.9. The van der Waals surface area contributed by atoms with Crippen LogP contribution in [0.1, 0.15) is 31.7 Å². The molecule has 2 aliphatic carbocycles. The Bertz CT molecular complexity index is 672. The number of imidazole rings is 1. The Labute approximate surface area is 120 Å². The predicted octanol–water partition coefficient (Wildman–Crippen LogP) is 4.82. The van der Waals surface area contributed by atoms with Crippen molar-refractivity contribution in [1.29, 1.82) is 0 Å². The van der Waals surface area contributed by atoms with Crippen molar-refractivity contribution in [3.8, 4) is 0 Å². The highest BCUT2D eigenvalue weighted by Crippen LogP contribution is 2.51. The van der Waals surface area contributed by atoms with Crippen LogP contribution in [0, 0.1) is 16.6 Å². The van der Waals surface area contributed by atoms with Crippen LogP contribution in [-0.2, 0) is 0 Å². The fourth-order valence-corrected chi connectivity index (χ4v) is 4.64. The van der Waals surface area contributed by atoms with Crippen LogP contribution in [0.2, 0.25) is 0 Å². The van der Waals surface area contributed by atoms with E-state index in [1.165, 1.54) is 31.2 Å². The summed E-state index contributed by atoms with van der Waals surface area (Å²) in [6.45, 7) is 0. The molecule has 0 aliphatic heterocycles. The molecule has 2 fully saturated rings. The fourth-order valence-electron chi connectivity index (χ4n) is 3.95.